The number of amides is 2. The van der Waals surface area contributed by atoms with Gasteiger partial charge in [0.1, 0.15) is 6.54 Å². The highest BCUT2D eigenvalue weighted by atomic mass is 19.4. The quantitative estimate of drug-likeness (QED) is 0.601. The average molecular weight is 507 g/mol. The Balaban J connectivity index is 1.32. The first-order chi connectivity index (χ1) is 16.9. The van der Waals surface area contributed by atoms with Crippen LogP contribution < -0.4 is 5.32 Å². The minimum absolute atomic E-state index is 0.00928. The summed E-state index contributed by atoms with van der Waals surface area (Å²) in [6, 6.07) is -0.713. The molecule has 4 unspecified atom stereocenters. The van der Waals surface area contributed by atoms with Crippen LogP contribution >= 0.6 is 0 Å². The molecule has 1 N–H and O–H groups in total. The second-order valence-corrected chi connectivity index (χ2v) is 11.2. The van der Waals surface area contributed by atoms with E-state index in [0.29, 0.717) is 36.6 Å². The molecule has 0 aromatic heterocycles. The highest BCUT2D eigenvalue weighted by Crippen LogP contribution is 2.41. The van der Waals surface area contributed by atoms with Gasteiger partial charge in [-0.1, -0.05) is 5.57 Å². The lowest BCUT2D eigenvalue weighted by atomic mass is 9.81. The SMILES string of the molecule is CC1=C2C(=O)N(C3C=NN(CC(F)(F)F)C3)C(C)(C)C2=NC(C2C=NCC(C(=O)NCC3CC3)C2)C1. The lowest BCUT2D eigenvalue weighted by Gasteiger charge is -2.36. The summed E-state index contributed by atoms with van der Waals surface area (Å²) in [7, 11) is 0. The summed E-state index contributed by atoms with van der Waals surface area (Å²) in [5.41, 5.74) is 1.34. The third-order valence-corrected chi connectivity index (χ3v) is 7.89. The van der Waals surface area contributed by atoms with Gasteiger partial charge in [0, 0.05) is 24.9 Å². The molecule has 2 fully saturated rings. The smallest absolute Gasteiger partial charge is 0.356 e. The van der Waals surface area contributed by atoms with Gasteiger partial charge in [-0.3, -0.25) is 24.6 Å². The second kappa shape index (κ2) is 8.99. The summed E-state index contributed by atoms with van der Waals surface area (Å²) in [6.45, 7) is 5.74. The van der Waals surface area contributed by atoms with Crippen molar-refractivity contribution < 1.29 is 22.8 Å². The van der Waals surface area contributed by atoms with Crippen LogP contribution in [0.2, 0.25) is 0 Å². The number of fused-ring (bicyclic) bond motifs is 1. The van der Waals surface area contributed by atoms with E-state index in [9.17, 15) is 22.8 Å². The molecule has 11 heteroatoms. The Labute approximate surface area is 208 Å². The number of likely N-dealkylation sites (tertiary alicyclic amines) is 1. The molecule has 0 aromatic rings. The molecule has 0 aromatic carbocycles. The fourth-order valence-electron chi connectivity index (χ4n) is 5.83. The van der Waals surface area contributed by atoms with E-state index >= 15 is 0 Å². The molecule has 36 heavy (non-hydrogen) atoms. The van der Waals surface area contributed by atoms with E-state index in [1.807, 2.05) is 27.0 Å². The molecule has 4 atom stereocenters. The average Bonchev–Trinajstić information content (AvgIpc) is 3.49. The number of nitrogens with one attached hydrogen (secondary N) is 1. The number of hydrogen-bond donors (Lipinski definition) is 1. The van der Waals surface area contributed by atoms with Gasteiger partial charge in [0.25, 0.3) is 5.91 Å². The van der Waals surface area contributed by atoms with Gasteiger partial charge in [-0.25, -0.2) is 0 Å². The predicted molar refractivity (Wildman–Crippen MR) is 130 cm³/mol. The Bertz CT molecular complexity index is 1060. The molecule has 1 saturated carbocycles. The van der Waals surface area contributed by atoms with Crippen molar-refractivity contribution in [1.82, 2.24) is 15.2 Å². The van der Waals surface area contributed by atoms with Gasteiger partial charge in [0.15, 0.2) is 0 Å². The Morgan fingerprint density at radius 3 is 2.69 bits per heavy atom. The number of aliphatic imine (C=N–C) groups is 2. The summed E-state index contributed by atoms with van der Waals surface area (Å²) < 4.78 is 38.6. The first-order valence-electron chi connectivity index (χ1n) is 12.7. The zero-order valence-electron chi connectivity index (χ0n) is 20.9. The van der Waals surface area contributed by atoms with Crippen LogP contribution in [0.15, 0.2) is 26.2 Å². The second-order valence-electron chi connectivity index (χ2n) is 11.2. The molecule has 4 aliphatic heterocycles. The van der Waals surface area contributed by atoms with Gasteiger partial charge in [0.05, 0.1) is 47.9 Å². The van der Waals surface area contributed by atoms with Gasteiger partial charge >= 0.3 is 6.18 Å². The third-order valence-electron chi connectivity index (χ3n) is 7.89. The molecule has 0 radical (unpaired) electrons. The number of alkyl halides is 3. The molecule has 196 valence electrons. The predicted octanol–water partition coefficient (Wildman–Crippen LogP) is 2.60. The van der Waals surface area contributed by atoms with Gasteiger partial charge in [0.2, 0.25) is 5.91 Å². The van der Waals surface area contributed by atoms with Crippen molar-refractivity contribution in [3.8, 4) is 0 Å². The standard InChI is InChI=1S/C25H33F3N6O2/c1-14-6-19(16-7-17(10-29-9-16)22(35)30-8-15-4-5-15)32-21-20(14)23(36)34(24(21,2)3)18-11-31-33(12-18)13-25(26,27)28/h9,11,15-19H,4-8,10,12-13H2,1-3H3,(H,30,35). The van der Waals surface area contributed by atoms with E-state index < -0.39 is 24.3 Å². The molecular weight excluding hydrogens is 473 g/mol. The van der Waals surface area contributed by atoms with Gasteiger partial charge < -0.3 is 10.2 Å². The number of rotatable bonds is 6. The molecule has 0 bridgehead atoms. The number of carbonyl (C=O) groups excluding carboxylic acids is 2. The monoisotopic (exact) mass is 506 g/mol. The Kier molecular flexibility index (Phi) is 6.23. The van der Waals surface area contributed by atoms with E-state index in [4.69, 9.17) is 4.99 Å². The Morgan fingerprint density at radius 2 is 2.00 bits per heavy atom. The van der Waals surface area contributed by atoms with Crippen LogP contribution in [0.5, 0.6) is 0 Å². The summed E-state index contributed by atoms with van der Waals surface area (Å²) >= 11 is 0. The van der Waals surface area contributed by atoms with E-state index in [0.717, 1.165) is 17.1 Å². The maximum atomic E-state index is 13.5. The number of hydrazone groups is 1. The zero-order chi connectivity index (χ0) is 25.8. The highest BCUT2D eigenvalue weighted by molar-refractivity contribution is 6.31. The third kappa shape index (κ3) is 4.80. The Morgan fingerprint density at radius 1 is 1.25 bits per heavy atom. The molecule has 4 heterocycles. The van der Waals surface area contributed by atoms with Gasteiger partial charge in [-0.15, -0.1) is 0 Å². The maximum Gasteiger partial charge on any atom is 0.407 e. The summed E-state index contributed by atoms with van der Waals surface area (Å²) in [5, 5.41) is 7.92. The van der Waals surface area contributed by atoms with Crippen molar-refractivity contribution >= 4 is 30.0 Å². The van der Waals surface area contributed by atoms with Crippen molar-refractivity contribution in [2.24, 2.45) is 32.8 Å². The van der Waals surface area contributed by atoms with Crippen LogP contribution in [-0.2, 0) is 9.59 Å². The number of hydrogen-bond acceptors (Lipinski definition) is 6. The van der Waals surface area contributed by atoms with Crippen LogP contribution in [0.3, 0.4) is 0 Å². The molecule has 8 nitrogen and oxygen atoms in total. The first kappa shape index (κ1) is 25.0. The topological polar surface area (TPSA) is 89.7 Å². The lowest BCUT2D eigenvalue weighted by molar-refractivity contribution is -0.146. The zero-order valence-corrected chi connectivity index (χ0v) is 20.9. The summed E-state index contributed by atoms with van der Waals surface area (Å²) in [4.78, 5) is 37.3. The molecule has 2 amide bonds. The van der Waals surface area contributed by atoms with Crippen molar-refractivity contribution in [2.45, 2.75) is 70.3 Å². The minimum atomic E-state index is -4.37. The minimum Gasteiger partial charge on any atom is -0.356 e. The van der Waals surface area contributed by atoms with Gasteiger partial charge in [-0.2, -0.15) is 18.3 Å². The van der Waals surface area contributed by atoms with Crippen molar-refractivity contribution in [3.05, 3.63) is 11.1 Å². The van der Waals surface area contributed by atoms with E-state index in [-0.39, 0.29) is 36.2 Å². The largest absolute Gasteiger partial charge is 0.407 e. The van der Waals surface area contributed by atoms with Crippen molar-refractivity contribution in [1.29, 1.82) is 0 Å². The fourth-order valence-corrected chi connectivity index (χ4v) is 5.83. The van der Waals surface area contributed by atoms with E-state index in [1.54, 1.807) is 4.90 Å². The summed E-state index contributed by atoms with van der Waals surface area (Å²) in [6.07, 6.45) is 2.56. The highest BCUT2D eigenvalue weighted by Gasteiger charge is 2.53. The maximum absolute atomic E-state index is 13.5. The molecular formula is C25H33F3N6O2. The van der Waals surface area contributed by atoms with Crippen LogP contribution in [0.25, 0.3) is 0 Å². The number of dihydropyridines is 1. The van der Waals surface area contributed by atoms with Crippen LogP contribution in [0.4, 0.5) is 13.2 Å². The van der Waals surface area contributed by atoms with Crippen LogP contribution in [0.1, 0.15) is 46.5 Å². The summed E-state index contributed by atoms with van der Waals surface area (Å²) in [5.74, 6) is 0.244. The fraction of sp³-hybridized carbons (Fsp3) is 0.720. The lowest BCUT2D eigenvalue weighted by Crippen LogP contribution is -2.53. The molecule has 1 saturated heterocycles. The van der Waals surface area contributed by atoms with E-state index in [1.165, 1.54) is 19.1 Å². The van der Waals surface area contributed by atoms with Gasteiger partial charge in [-0.05, 0) is 52.4 Å². The molecule has 1 aliphatic carbocycles. The van der Waals surface area contributed by atoms with E-state index in [2.05, 4.69) is 15.4 Å². The van der Waals surface area contributed by atoms with Crippen molar-refractivity contribution in [2.75, 3.05) is 26.2 Å². The van der Waals surface area contributed by atoms with Crippen molar-refractivity contribution in [3.63, 3.8) is 0 Å². The molecule has 0 spiro atoms. The van der Waals surface area contributed by atoms with Crippen LogP contribution in [0, 0.1) is 17.8 Å². The molecule has 5 aliphatic rings. The number of nitrogens with zero attached hydrogens (tertiary/aromatic N) is 5. The number of carbonyl (C=O) groups is 2. The number of halogens is 3. The Hall–Kier alpha value is -2.72. The first-order valence-corrected chi connectivity index (χ1v) is 12.7. The normalized spacial score (nSPS) is 31.7. The van der Waals surface area contributed by atoms with Crippen LogP contribution in [-0.4, -0.2) is 89.8 Å². The molecule has 5 rings (SSSR count).